The maximum Gasteiger partial charge on any atom is 0.118 e. The third-order valence-corrected chi connectivity index (χ3v) is 3.17. The van der Waals surface area contributed by atoms with Crippen LogP contribution in [-0.4, -0.2) is 11.2 Å². The molecule has 0 spiro atoms. The van der Waals surface area contributed by atoms with Gasteiger partial charge in [0.15, 0.2) is 0 Å². The van der Waals surface area contributed by atoms with E-state index in [1.54, 1.807) is 0 Å². The fourth-order valence-corrected chi connectivity index (χ4v) is 2.02. The van der Waals surface area contributed by atoms with E-state index in [0.29, 0.717) is 6.42 Å². The van der Waals surface area contributed by atoms with Crippen molar-refractivity contribution >= 4 is 0 Å². The number of hydrogen-bond donors (Lipinski definition) is 1. The predicted octanol–water partition coefficient (Wildman–Crippen LogP) is 3.12. The van der Waals surface area contributed by atoms with E-state index in [9.17, 15) is 5.11 Å². The predicted molar refractivity (Wildman–Crippen MR) is 79.0 cm³/mol. The topological polar surface area (TPSA) is 20.2 Å². The first kappa shape index (κ1) is 16.6. The molecule has 0 aliphatic heterocycles. The molecule has 2 aromatic rings. The molecule has 0 amide bonds. The van der Waals surface area contributed by atoms with E-state index in [1.807, 2.05) is 12.1 Å². The number of aliphatic hydroxyl groups excluding tert-OH is 1. The normalized spacial score (nSPS) is 11.2. The largest absolute Gasteiger partial charge is 0.380 e. The van der Waals surface area contributed by atoms with E-state index in [0.717, 1.165) is 12.0 Å². The van der Waals surface area contributed by atoms with Crippen LogP contribution in [0.2, 0.25) is 0 Å². The summed E-state index contributed by atoms with van der Waals surface area (Å²) < 4.78 is 0. The van der Waals surface area contributed by atoms with Gasteiger partial charge < -0.3 is 5.11 Å². The Balaban J connectivity index is 0.00000200. The summed E-state index contributed by atoms with van der Waals surface area (Å²) in [5.41, 5.74) is 4.92. The molecular weight excluding hydrogens is 283 g/mol. The molecule has 0 aliphatic carbocycles. The van der Waals surface area contributed by atoms with Gasteiger partial charge in [-0.05, 0) is 30.0 Å². The molecule has 0 saturated heterocycles. The first-order chi connectivity index (χ1) is 9.17. The van der Waals surface area contributed by atoms with Crippen molar-refractivity contribution in [2.24, 2.45) is 0 Å². The molecule has 0 fully saturated rings. The van der Waals surface area contributed by atoms with Crippen LogP contribution < -0.4 is 0 Å². The third-order valence-electron chi connectivity index (χ3n) is 3.17. The molecule has 0 saturated carbocycles. The van der Waals surface area contributed by atoms with Crippen molar-refractivity contribution < 1.29 is 23.7 Å². The Kier molecular flexibility index (Phi) is 6.62. The van der Waals surface area contributed by atoms with Crippen LogP contribution >= 0.6 is 0 Å². The van der Waals surface area contributed by atoms with E-state index in [4.69, 9.17) is 6.42 Å². The van der Waals surface area contributed by atoms with Gasteiger partial charge in [0, 0.05) is 25.0 Å². The van der Waals surface area contributed by atoms with Crippen LogP contribution in [0.15, 0.2) is 48.5 Å². The first-order valence-corrected chi connectivity index (χ1v) is 6.45. The summed E-state index contributed by atoms with van der Waals surface area (Å²) in [7, 11) is 0. The summed E-state index contributed by atoms with van der Waals surface area (Å²) in [6.07, 6.45) is 5.92. The number of terminal acetylenes is 1. The van der Waals surface area contributed by atoms with E-state index in [-0.39, 0.29) is 18.6 Å². The van der Waals surface area contributed by atoms with Crippen LogP contribution in [0.25, 0.3) is 0 Å². The summed E-state index contributed by atoms with van der Waals surface area (Å²) in [5, 5.41) is 9.41. The van der Waals surface area contributed by atoms with Crippen molar-refractivity contribution in [3.05, 3.63) is 70.8 Å². The Bertz CT molecular complexity index is 564. The van der Waals surface area contributed by atoms with Crippen LogP contribution in [0.5, 0.6) is 0 Å². The zero-order valence-corrected chi connectivity index (χ0v) is 13.0. The standard InChI is InChI=1S/C18H18O.V/c1-3-18(19)13-17-10-8-16(9-11-17)12-15-6-4-14(2)5-7-15;/h1,4-11,18-19H,12-13H2,2H3;. The Labute approximate surface area is 132 Å². The van der Waals surface area contributed by atoms with Crippen LogP contribution in [0.4, 0.5) is 0 Å². The molecule has 0 aromatic heterocycles. The van der Waals surface area contributed by atoms with Gasteiger partial charge in [-0.2, -0.15) is 0 Å². The molecule has 1 nitrogen and oxygen atoms in total. The van der Waals surface area contributed by atoms with Gasteiger partial charge >= 0.3 is 0 Å². The van der Waals surface area contributed by atoms with Gasteiger partial charge in [-0.15, -0.1) is 6.42 Å². The van der Waals surface area contributed by atoms with Gasteiger partial charge in [0.1, 0.15) is 6.10 Å². The maximum absolute atomic E-state index is 9.41. The van der Waals surface area contributed by atoms with Gasteiger partial charge in [-0.3, -0.25) is 0 Å². The Morgan fingerprint density at radius 3 is 1.90 bits per heavy atom. The Morgan fingerprint density at radius 1 is 0.950 bits per heavy atom. The van der Waals surface area contributed by atoms with E-state index < -0.39 is 6.10 Å². The summed E-state index contributed by atoms with van der Waals surface area (Å²) in [6.45, 7) is 2.09. The zero-order chi connectivity index (χ0) is 13.7. The minimum absolute atomic E-state index is 0. The number of aliphatic hydroxyl groups is 1. The molecule has 0 bridgehead atoms. The summed E-state index contributed by atoms with van der Waals surface area (Å²) in [6, 6.07) is 16.8. The molecule has 2 heteroatoms. The van der Waals surface area contributed by atoms with Gasteiger partial charge in [0.25, 0.3) is 0 Å². The molecule has 1 unspecified atom stereocenters. The average Bonchev–Trinajstić information content (AvgIpc) is 2.43. The third kappa shape index (κ3) is 4.91. The minimum atomic E-state index is -0.692. The molecule has 20 heavy (non-hydrogen) atoms. The molecule has 101 valence electrons. The minimum Gasteiger partial charge on any atom is -0.380 e. The van der Waals surface area contributed by atoms with Gasteiger partial charge in [-0.1, -0.05) is 60.0 Å². The van der Waals surface area contributed by atoms with E-state index in [1.165, 1.54) is 16.7 Å². The molecule has 0 aliphatic rings. The molecule has 1 N–H and O–H groups in total. The fraction of sp³-hybridized carbons (Fsp3) is 0.222. The molecule has 0 heterocycles. The summed E-state index contributed by atoms with van der Waals surface area (Å²) in [5.74, 6) is 2.33. The van der Waals surface area contributed by atoms with Crippen molar-refractivity contribution in [1.82, 2.24) is 0 Å². The first-order valence-electron chi connectivity index (χ1n) is 6.45. The van der Waals surface area contributed by atoms with Crippen LogP contribution in [0.3, 0.4) is 0 Å². The van der Waals surface area contributed by atoms with Crippen molar-refractivity contribution in [3.63, 3.8) is 0 Å². The van der Waals surface area contributed by atoms with Gasteiger partial charge in [-0.25, -0.2) is 0 Å². The Hall–Kier alpha value is -1.46. The van der Waals surface area contributed by atoms with E-state index >= 15 is 0 Å². The van der Waals surface area contributed by atoms with E-state index in [2.05, 4.69) is 49.2 Å². The smallest absolute Gasteiger partial charge is 0.118 e. The van der Waals surface area contributed by atoms with Gasteiger partial charge in [0.2, 0.25) is 0 Å². The molecule has 1 radical (unpaired) electrons. The van der Waals surface area contributed by atoms with Crippen LogP contribution in [0.1, 0.15) is 22.3 Å². The maximum atomic E-state index is 9.41. The molecular formula is C18H18OV. The molecule has 2 rings (SSSR count). The van der Waals surface area contributed by atoms with Crippen molar-refractivity contribution in [2.75, 3.05) is 0 Å². The number of benzene rings is 2. The van der Waals surface area contributed by atoms with Gasteiger partial charge in [0.05, 0.1) is 0 Å². The van der Waals surface area contributed by atoms with Crippen molar-refractivity contribution in [3.8, 4) is 12.3 Å². The molecule has 2 aromatic carbocycles. The number of aryl methyl sites for hydroxylation is 1. The monoisotopic (exact) mass is 301 g/mol. The second kappa shape index (κ2) is 7.97. The second-order valence-corrected chi connectivity index (χ2v) is 4.87. The van der Waals surface area contributed by atoms with Crippen LogP contribution in [0, 0.1) is 19.3 Å². The zero-order valence-electron chi connectivity index (χ0n) is 11.6. The number of rotatable bonds is 4. The van der Waals surface area contributed by atoms with Crippen molar-refractivity contribution in [1.29, 1.82) is 0 Å². The summed E-state index contributed by atoms with van der Waals surface area (Å²) in [4.78, 5) is 0. The SMILES string of the molecule is C#CC(O)Cc1ccc(Cc2ccc(C)cc2)cc1.[V]. The van der Waals surface area contributed by atoms with Crippen molar-refractivity contribution in [2.45, 2.75) is 25.9 Å². The quantitative estimate of drug-likeness (QED) is 0.860. The summed E-state index contributed by atoms with van der Waals surface area (Å²) >= 11 is 0. The number of hydrogen-bond acceptors (Lipinski definition) is 1. The second-order valence-electron chi connectivity index (χ2n) is 4.87. The Morgan fingerprint density at radius 2 is 1.40 bits per heavy atom. The fourth-order valence-electron chi connectivity index (χ4n) is 2.02. The molecule has 1 atom stereocenters. The average molecular weight is 301 g/mol. The van der Waals surface area contributed by atoms with Crippen LogP contribution in [-0.2, 0) is 31.4 Å².